The third-order valence-electron chi connectivity index (χ3n) is 2.00. The average molecular weight is 266 g/mol. The number of nitrogens with one attached hydrogen (secondary N) is 1. The highest BCUT2D eigenvalue weighted by Gasteiger charge is 2.13. The van der Waals surface area contributed by atoms with Crippen LogP contribution in [0.25, 0.3) is 0 Å². The Labute approximate surface area is 103 Å². The van der Waals surface area contributed by atoms with Gasteiger partial charge in [0.15, 0.2) is 5.82 Å². The molecule has 1 aromatic rings. The maximum absolute atomic E-state index is 11.3. The minimum Gasteiger partial charge on any atom is -0.383 e. The van der Waals surface area contributed by atoms with E-state index in [2.05, 4.69) is 9.97 Å². The molecule has 90 valence electrons. The summed E-state index contributed by atoms with van der Waals surface area (Å²) in [4.78, 5) is 19.6. The number of hydrogen-bond acceptors (Lipinski definition) is 4. The van der Waals surface area contributed by atoms with E-state index in [0.717, 1.165) is 0 Å². The summed E-state index contributed by atoms with van der Waals surface area (Å²) >= 11 is 11.5. The molecule has 0 aliphatic rings. The van der Waals surface area contributed by atoms with Gasteiger partial charge >= 0.3 is 0 Å². The van der Waals surface area contributed by atoms with E-state index in [4.69, 9.17) is 27.9 Å². The molecule has 0 aromatic carbocycles. The van der Waals surface area contributed by atoms with Crippen LogP contribution in [0, 0.1) is 0 Å². The fourth-order valence-corrected chi connectivity index (χ4v) is 1.65. The number of hydrogen-bond donors (Lipinski definition) is 1. The Bertz CT molecular complexity index is 383. The van der Waals surface area contributed by atoms with Crippen LogP contribution in [-0.4, -0.2) is 42.7 Å². The van der Waals surface area contributed by atoms with Gasteiger partial charge in [0.05, 0.1) is 12.9 Å². The van der Waals surface area contributed by atoms with Gasteiger partial charge in [-0.3, -0.25) is 4.79 Å². The molecule has 7 heteroatoms. The standard InChI is InChI=1S/C9H13Cl2N3O2/c1-16-5-4-14(3-2-10)8-7(11)9(15)13-6-12-8/h6H,2-5H2,1H3,(H,12,13,15). The second-order valence-corrected chi connectivity index (χ2v) is 3.79. The quantitative estimate of drug-likeness (QED) is 0.784. The lowest BCUT2D eigenvalue weighted by atomic mass is 10.4. The lowest BCUT2D eigenvalue weighted by molar-refractivity contribution is 0.205. The maximum Gasteiger partial charge on any atom is 0.271 e. The highest BCUT2D eigenvalue weighted by atomic mass is 35.5. The summed E-state index contributed by atoms with van der Waals surface area (Å²) in [6.45, 7) is 1.65. The van der Waals surface area contributed by atoms with E-state index in [1.165, 1.54) is 6.33 Å². The fraction of sp³-hybridized carbons (Fsp3) is 0.556. The lowest BCUT2D eigenvalue weighted by Gasteiger charge is -2.22. The summed E-state index contributed by atoms with van der Waals surface area (Å²) < 4.78 is 4.97. The van der Waals surface area contributed by atoms with Crippen molar-refractivity contribution in [2.45, 2.75) is 0 Å². The topological polar surface area (TPSA) is 58.2 Å². The van der Waals surface area contributed by atoms with Gasteiger partial charge in [-0.2, -0.15) is 0 Å². The van der Waals surface area contributed by atoms with Crippen LogP contribution < -0.4 is 10.5 Å². The molecule has 0 saturated heterocycles. The molecular formula is C9H13Cl2N3O2. The second-order valence-electron chi connectivity index (χ2n) is 3.04. The highest BCUT2D eigenvalue weighted by Crippen LogP contribution is 2.17. The van der Waals surface area contributed by atoms with Gasteiger partial charge in [-0.15, -0.1) is 11.6 Å². The minimum atomic E-state index is -0.358. The van der Waals surface area contributed by atoms with Crippen molar-refractivity contribution in [3.8, 4) is 0 Å². The number of anilines is 1. The molecule has 0 aliphatic heterocycles. The number of methoxy groups -OCH3 is 1. The third kappa shape index (κ3) is 3.37. The van der Waals surface area contributed by atoms with Gasteiger partial charge < -0.3 is 14.6 Å². The van der Waals surface area contributed by atoms with E-state index < -0.39 is 0 Å². The van der Waals surface area contributed by atoms with Crippen LogP contribution in [0.5, 0.6) is 0 Å². The Hall–Kier alpha value is -0.780. The first-order valence-electron chi connectivity index (χ1n) is 4.73. The number of rotatable bonds is 6. The first-order valence-corrected chi connectivity index (χ1v) is 5.65. The summed E-state index contributed by atoms with van der Waals surface area (Å²) in [5.74, 6) is 0.859. The monoisotopic (exact) mass is 265 g/mol. The van der Waals surface area contributed by atoms with Gasteiger partial charge in [0.1, 0.15) is 5.02 Å². The Morgan fingerprint density at radius 1 is 1.56 bits per heavy atom. The minimum absolute atomic E-state index is 0.0729. The first-order chi connectivity index (χ1) is 7.70. The summed E-state index contributed by atoms with van der Waals surface area (Å²) in [7, 11) is 1.60. The molecule has 5 nitrogen and oxygen atoms in total. The Morgan fingerprint density at radius 2 is 2.31 bits per heavy atom. The van der Waals surface area contributed by atoms with Gasteiger partial charge in [-0.1, -0.05) is 11.6 Å². The van der Waals surface area contributed by atoms with Crippen molar-refractivity contribution in [1.82, 2.24) is 9.97 Å². The zero-order valence-electron chi connectivity index (χ0n) is 8.87. The summed E-state index contributed by atoms with van der Waals surface area (Å²) in [6, 6.07) is 0. The predicted octanol–water partition coefficient (Wildman–Crippen LogP) is 1.11. The Kier molecular flexibility index (Phi) is 5.59. The molecule has 0 atom stereocenters. The molecule has 0 unspecified atom stereocenters. The van der Waals surface area contributed by atoms with Gasteiger partial charge in [0.2, 0.25) is 0 Å². The SMILES string of the molecule is COCCN(CCCl)c1nc[nH]c(=O)c1Cl. The Balaban J connectivity index is 2.91. The van der Waals surface area contributed by atoms with Crippen molar-refractivity contribution in [3.63, 3.8) is 0 Å². The lowest BCUT2D eigenvalue weighted by Crippen LogP contribution is -2.31. The van der Waals surface area contributed by atoms with E-state index in [-0.39, 0.29) is 10.6 Å². The fourth-order valence-electron chi connectivity index (χ4n) is 1.22. The number of ether oxygens (including phenoxy) is 1. The third-order valence-corrected chi connectivity index (χ3v) is 2.51. The van der Waals surface area contributed by atoms with E-state index in [9.17, 15) is 4.79 Å². The molecule has 0 aliphatic carbocycles. The summed E-state index contributed by atoms with van der Waals surface area (Å²) in [5, 5.41) is 0.0729. The van der Waals surface area contributed by atoms with Crippen molar-refractivity contribution in [2.75, 3.05) is 37.6 Å². The maximum atomic E-state index is 11.3. The van der Waals surface area contributed by atoms with Crippen molar-refractivity contribution in [1.29, 1.82) is 0 Å². The van der Waals surface area contributed by atoms with Crippen molar-refractivity contribution < 1.29 is 4.74 Å². The molecule has 1 heterocycles. The average Bonchev–Trinajstić information content (AvgIpc) is 2.28. The van der Waals surface area contributed by atoms with E-state index >= 15 is 0 Å². The number of alkyl halides is 1. The van der Waals surface area contributed by atoms with Crippen LogP contribution in [0.3, 0.4) is 0 Å². The largest absolute Gasteiger partial charge is 0.383 e. The molecule has 1 N–H and O–H groups in total. The number of nitrogens with zero attached hydrogens (tertiary/aromatic N) is 2. The Morgan fingerprint density at radius 3 is 2.94 bits per heavy atom. The molecule has 0 spiro atoms. The van der Waals surface area contributed by atoms with Crippen LogP contribution in [-0.2, 0) is 4.74 Å². The van der Waals surface area contributed by atoms with Gasteiger partial charge in [-0.05, 0) is 0 Å². The summed E-state index contributed by atoms with van der Waals surface area (Å²) in [5.41, 5.74) is -0.358. The number of aromatic nitrogens is 2. The van der Waals surface area contributed by atoms with Crippen molar-refractivity contribution in [3.05, 3.63) is 21.7 Å². The molecule has 0 fully saturated rings. The number of H-pyrrole nitrogens is 1. The van der Waals surface area contributed by atoms with E-state index in [0.29, 0.717) is 31.4 Å². The van der Waals surface area contributed by atoms with Crippen LogP contribution in [0.4, 0.5) is 5.82 Å². The molecule has 1 rings (SSSR count). The van der Waals surface area contributed by atoms with Crippen LogP contribution in [0.2, 0.25) is 5.02 Å². The smallest absolute Gasteiger partial charge is 0.271 e. The van der Waals surface area contributed by atoms with Gasteiger partial charge in [-0.25, -0.2) is 4.98 Å². The van der Waals surface area contributed by atoms with Gasteiger partial charge in [0, 0.05) is 26.1 Å². The van der Waals surface area contributed by atoms with Gasteiger partial charge in [0.25, 0.3) is 5.56 Å². The van der Waals surface area contributed by atoms with E-state index in [1.54, 1.807) is 7.11 Å². The number of aromatic amines is 1. The van der Waals surface area contributed by atoms with E-state index in [1.807, 2.05) is 4.90 Å². The second kappa shape index (κ2) is 6.73. The molecule has 1 aromatic heterocycles. The highest BCUT2D eigenvalue weighted by molar-refractivity contribution is 6.32. The van der Waals surface area contributed by atoms with Crippen LogP contribution in [0.1, 0.15) is 0 Å². The van der Waals surface area contributed by atoms with Crippen LogP contribution >= 0.6 is 23.2 Å². The molecule has 16 heavy (non-hydrogen) atoms. The number of halogens is 2. The zero-order chi connectivity index (χ0) is 12.0. The van der Waals surface area contributed by atoms with Crippen molar-refractivity contribution in [2.24, 2.45) is 0 Å². The zero-order valence-corrected chi connectivity index (χ0v) is 10.4. The first kappa shape index (κ1) is 13.3. The predicted molar refractivity (Wildman–Crippen MR) is 64.7 cm³/mol. The van der Waals surface area contributed by atoms with Crippen molar-refractivity contribution >= 4 is 29.0 Å². The molecule has 0 radical (unpaired) electrons. The normalized spacial score (nSPS) is 10.4. The molecular weight excluding hydrogens is 253 g/mol. The molecule has 0 amide bonds. The molecule has 0 saturated carbocycles. The molecule has 0 bridgehead atoms. The van der Waals surface area contributed by atoms with Crippen LogP contribution in [0.15, 0.2) is 11.1 Å². The summed E-state index contributed by atoms with van der Waals surface area (Å²) in [6.07, 6.45) is 1.32.